The van der Waals surface area contributed by atoms with Crippen LogP contribution in [0.3, 0.4) is 0 Å². The van der Waals surface area contributed by atoms with Gasteiger partial charge in [-0.2, -0.15) is 0 Å². The van der Waals surface area contributed by atoms with E-state index in [2.05, 4.69) is 40.2 Å². The molecule has 0 saturated heterocycles. The van der Waals surface area contributed by atoms with Gasteiger partial charge in [0, 0.05) is 0 Å². The number of benzene rings is 1. The van der Waals surface area contributed by atoms with E-state index in [1.165, 1.54) is 10.2 Å². The first-order chi connectivity index (χ1) is 6.29. The molecule has 1 N–H and O–H groups in total. The molecule has 0 aliphatic carbocycles. The van der Waals surface area contributed by atoms with Gasteiger partial charge in [0.15, 0.2) is 0 Å². The summed E-state index contributed by atoms with van der Waals surface area (Å²) < 4.78 is 3.45. The van der Waals surface area contributed by atoms with Gasteiger partial charge < -0.3 is 0 Å². The van der Waals surface area contributed by atoms with Crippen LogP contribution in [-0.2, 0) is 0 Å². The minimum atomic E-state index is 0.499. The Hall–Kier alpha value is -0.791. The molecule has 0 aromatic heterocycles. The number of hydrazine groups is 1. The molecule has 0 heterocycles. The van der Waals surface area contributed by atoms with Gasteiger partial charge in [0.25, 0.3) is 0 Å². The van der Waals surface area contributed by atoms with E-state index in [4.69, 9.17) is 0 Å². The Morgan fingerprint density at radius 1 is 1.31 bits per heavy atom. The molecule has 0 spiro atoms. The van der Waals surface area contributed by atoms with Gasteiger partial charge in [-0.3, -0.25) is 0 Å². The van der Waals surface area contributed by atoms with Gasteiger partial charge in [-0.1, -0.05) is 0 Å². The van der Waals surface area contributed by atoms with Crippen LogP contribution in [0.5, 0.6) is 0 Å². The van der Waals surface area contributed by atoms with E-state index in [-0.39, 0.29) is 0 Å². The quantitative estimate of drug-likeness (QED) is 0.361. The van der Waals surface area contributed by atoms with Crippen molar-refractivity contribution >= 4 is 19.6 Å². The Bertz CT molecular complexity index is 293. The van der Waals surface area contributed by atoms with E-state index in [0.29, 0.717) is 15.0 Å². The molecule has 0 fully saturated rings. The van der Waals surface area contributed by atoms with Crippen molar-refractivity contribution < 1.29 is 4.68 Å². The first-order valence-corrected chi connectivity index (χ1v) is 6.74. The van der Waals surface area contributed by atoms with Gasteiger partial charge in [-0.25, -0.2) is 0 Å². The first kappa shape index (κ1) is 10.3. The molecular formula is C10H15N2Se+. The van der Waals surface area contributed by atoms with Crippen LogP contribution in [0.25, 0.3) is 0 Å². The van der Waals surface area contributed by atoms with Crippen molar-refractivity contribution in [2.75, 3.05) is 14.1 Å². The van der Waals surface area contributed by atoms with Crippen molar-refractivity contribution in [3.8, 4) is 0 Å². The third kappa shape index (κ3) is 2.58. The first-order valence-electron chi connectivity index (χ1n) is 4.17. The molecule has 1 aromatic rings. The van der Waals surface area contributed by atoms with Crippen LogP contribution in [-0.4, -0.2) is 38.3 Å². The van der Waals surface area contributed by atoms with Crippen molar-refractivity contribution in [3.63, 3.8) is 0 Å². The molecule has 70 valence electrons. The Morgan fingerprint density at radius 3 is 2.38 bits per heavy atom. The van der Waals surface area contributed by atoms with E-state index >= 15 is 0 Å². The Balaban J connectivity index is 3.05. The van der Waals surface area contributed by atoms with Crippen LogP contribution in [0, 0.1) is 0 Å². The fourth-order valence-electron chi connectivity index (χ4n) is 1.13. The molecule has 0 atom stereocenters. The average molecular weight is 242 g/mol. The molecule has 0 saturated carbocycles. The predicted molar refractivity (Wildman–Crippen MR) is 57.4 cm³/mol. The van der Waals surface area contributed by atoms with E-state index < -0.39 is 0 Å². The molecular weight excluding hydrogens is 227 g/mol. The SMILES string of the molecule is CN/[N+](C)=C(/[Se]C)c1ccccc1. The van der Waals surface area contributed by atoms with E-state index in [1.54, 1.807) is 0 Å². The summed E-state index contributed by atoms with van der Waals surface area (Å²) in [6.07, 6.45) is 0. The molecule has 0 radical (unpaired) electrons. The van der Waals surface area contributed by atoms with Crippen LogP contribution in [0.4, 0.5) is 0 Å². The van der Waals surface area contributed by atoms with Crippen molar-refractivity contribution in [2.24, 2.45) is 0 Å². The zero-order valence-corrected chi connectivity index (χ0v) is 9.96. The number of hydrogen-bond donors (Lipinski definition) is 1. The van der Waals surface area contributed by atoms with Gasteiger partial charge in [-0.15, -0.1) is 0 Å². The van der Waals surface area contributed by atoms with Crippen LogP contribution >= 0.6 is 0 Å². The standard InChI is InChI=1S/C10H15N2Se/c1-11-12(2)10(13-3)9-7-5-4-6-8-9/h4-8,11H,1-3H3/q+1/b12-10+. The van der Waals surface area contributed by atoms with Crippen molar-refractivity contribution in [1.82, 2.24) is 5.43 Å². The number of hydrogen-bond acceptors (Lipinski definition) is 1. The summed E-state index contributed by atoms with van der Waals surface area (Å²) in [6, 6.07) is 10.5. The maximum absolute atomic E-state index is 3.13. The number of rotatable bonds is 3. The molecule has 0 aliphatic heterocycles. The predicted octanol–water partition coefficient (Wildman–Crippen LogP) is 0.962. The monoisotopic (exact) mass is 243 g/mol. The van der Waals surface area contributed by atoms with Gasteiger partial charge in [0.1, 0.15) is 0 Å². The number of nitrogens with one attached hydrogen (secondary N) is 1. The third-order valence-corrected chi connectivity index (χ3v) is 3.73. The van der Waals surface area contributed by atoms with Gasteiger partial charge in [0.2, 0.25) is 0 Å². The number of nitrogens with zero attached hydrogens (tertiary/aromatic N) is 1. The van der Waals surface area contributed by atoms with Crippen molar-refractivity contribution in [2.45, 2.75) is 5.82 Å². The summed E-state index contributed by atoms with van der Waals surface area (Å²) in [7, 11) is 3.99. The molecule has 0 aliphatic rings. The molecule has 0 amide bonds. The van der Waals surface area contributed by atoms with E-state index in [9.17, 15) is 0 Å². The summed E-state index contributed by atoms with van der Waals surface area (Å²) in [6.45, 7) is 0. The molecule has 1 aromatic carbocycles. The maximum atomic E-state index is 3.13. The number of hydrazone groups is 1. The third-order valence-electron chi connectivity index (χ3n) is 1.85. The van der Waals surface area contributed by atoms with Crippen molar-refractivity contribution in [1.29, 1.82) is 0 Å². The molecule has 1 rings (SSSR count). The van der Waals surface area contributed by atoms with E-state index in [1.807, 2.05) is 20.2 Å². The van der Waals surface area contributed by atoms with Gasteiger partial charge >= 0.3 is 85.5 Å². The molecule has 13 heavy (non-hydrogen) atoms. The second kappa shape index (κ2) is 5.05. The van der Waals surface area contributed by atoms with Crippen LogP contribution in [0.1, 0.15) is 5.56 Å². The summed E-state index contributed by atoms with van der Waals surface area (Å²) in [5.41, 5.74) is 4.43. The van der Waals surface area contributed by atoms with Crippen LogP contribution < -0.4 is 5.43 Å². The summed E-state index contributed by atoms with van der Waals surface area (Å²) in [4.78, 5) is 0. The Morgan fingerprint density at radius 2 is 1.92 bits per heavy atom. The van der Waals surface area contributed by atoms with Gasteiger partial charge in [-0.05, 0) is 0 Å². The molecule has 0 unspecified atom stereocenters. The molecule has 0 bridgehead atoms. The van der Waals surface area contributed by atoms with E-state index in [0.717, 1.165) is 0 Å². The fourth-order valence-corrected chi connectivity index (χ4v) is 2.68. The molecule has 2 nitrogen and oxygen atoms in total. The Labute approximate surface area is 85.8 Å². The van der Waals surface area contributed by atoms with Crippen LogP contribution in [0.15, 0.2) is 30.3 Å². The normalized spacial score (nSPS) is 12.2. The van der Waals surface area contributed by atoms with Crippen molar-refractivity contribution in [3.05, 3.63) is 35.9 Å². The zero-order valence-electron chi connectivity index (χ0n) is 8.24. The Kier molecular flexibility index (Phi) is 4.00. The zero-order chi connectivity index (χ0) is 9.68. The summed E-state index contributed by atoms with van der Waals surface area (Å²) in [5, 5.41) is 0. The fraction of sp³-hybridized carbons (Fsp3) is 0.300. The second-order valence-corrected chi connectivity index (χ2v) is 4.33. The molecule has 3 heteroatoms. The summed E-state index contributed by atoms with van der Waals surface area (Å²) in [5.74, 6) is 2.23. The van der Waals surface area contributed by atoms with Crippen LogP contribution in [0.2, 0.25) is 5.82 Å². The minimum absolute atomic E-state index is 0.499. The van der Waals surface area contributed by atoms with Gasteiger partial charge in [0.05, 0.1) is 0 Å². The summed E-state index contributed by atoms with van der Waals surface area (Å²) >= 11 is 0.499. The average Bonchev–Trinajstić information content (AvgIpc) is 2.20. The second-order valence-electron chi connectivity index (χ2n) is 2.66. The topological polar surface area (TPSA) is 15.0 Å².